The van der Waals surface area contributed by atoms with Crippen LogP contribution in [-0.4, -0.2) is 24.5 Å². The van der Waals surface area contributed by atoms with Crippen molar-refractivity contribution in [3.63, 3.8) is 0 Å². The first-order valence-electron chi connectivity index (χ1n) is 8.65. The normalized spacial score (nSPS) is 11.2. The number of aliphatic imine (C=N–C) groups is 1. The van der Waals surface area contributed by atoms with E-state index in [0.29, 0.717) is 6.54 Å². The molecule has 26 heavy (non-hydrogen) atoms. The summed E-state index contributed by atoms with van der Waals surface area (Å²) in [4.78, 5) is 10.0. The molecule has 3 rings (SSSR count). The number of aryl methyl sites for hydroxylation is 1. The predicted octanol–water partition coefficient (Wildman–Crippen LogP) is 4.38. The number of benzene rings is 2. The van der Waals surface area contributed by atoms with Crippen LogP contribution >= 0.6 is 35.3 Å². The Morgan fingerprint density at radius 3 is 2.69 bits per heavy atom. The Kier molecular flexibility index (Phi) is 8.31. The van der Waals surface area contributed by atoms with Crippen LogP contribution in [0.25, 0.3) is 10.8 Å². The fourth-order valence-corrected chi connectivity index (χ4v) is 3.60. The quantitative estimate of drug-likeness (QED) is 0.313. The molecular formula is C20H25IN4S. The van der Waals surface area contributed by atoms with Gasteiger partial charge in [-0.25, -0.2) is 4.98 Å². The lowest BCUT2D eigenvalue weighted by molar-refractivity contribution is 0.793. The van der Waals surface area contributed by atoms with E-state index in [1.807, 2.05) is 6.20 Å². The first kappa shape index (κ1) is 20.6. The van der Waals surface area contributed by atoms with Gasteiger partial charge in [-0.15, -0.1) is 35.3 Å². The second kappa shape index (κ2) is 10.5. The Bertz CT molecular complexity index is 854. The SMILES string of the molecule is CCc1cnc(CNC(=NC)NCCc2cccc3ccccc23)s1.I. The molecule has 6 heteroatoms. The summed E-state index contributed by atoms with van der Waals surface area (Å²) in [7, 11) is 1.80. The van der Waals surface area contributed by atoms with Gasteiger partial charge in [-0.05, 0) is 29.2 Å². The number of hydrogen-bond acceptors (Lipinski definition) is 3. The van der Waals surface area contributed by atoms with Crippen molar-refractivity contribution in [3.05, 3.63) is 64.1 Å². The van der Waals surface area contributed by atoms with Gasteiger partial charge in [0.2, 0.25) is 0 Å². The Hall–Kier alpha value is -1.67. The second-order valence-electron chi connectivity index (χ2n) is 5.81. The second-order valence-corrected chi connectivity index (χ2v) is 7.01. The summed E-state index contributed by atoms with van der Waals surface area (Å²) in [5.41, 5.74) is 1.36. The molecule has 2 aromatic carbocycles. The molecule has 0 aliphatic rings. The van der Waals surface area contributed by atoms with Crippen molar-refractivity contribution < 1.29 is 0 Å². The highest BCUT2D eigenvalue weighted by Gasteiger charge is 2.04. The van der Waals surface area contributed by atoms with Crippen molar-refractivity contribution in [2.24, 2.45) is 4.99 Å². The Morgan fingerprint density at radius 2 is 1.92 bits per heavy atom. The third kappa shape index (κ3) is 5.41. The highest BCUT2D eigenvalue weighted by Crippen LogP contribution is 2.18. The number of fused-ring (bicyclic) bond motifs is 1. The van der Waals surface area contributed by atoms with E-state index in [-0.39, 0.29) is 24.0 Å². The van der Waals surface area contributed by atoms with Crippen LogP contribution in [0.3, 0.4) is 0 Å². The lowest BCUT2D eigenvalue weighted by Crippen LogP contribution is -2.37. The number of hydrogen-bond donors (Lipinski definition) is 2. The topological polar surface area (TPSA) is 49.3 Å². The van der Waals surface area contributed by atoms with Gasteiger partial charge in [0.15, 0.2) is 5.96 Å². The minimum absolute atomic E-state index is 0. The Morgan fingerprint density at radius 1 is 1.12 bits per heavy atom. The van der Waals surface area contributed by atoms with Gasteiger partial charge in [-0.3, -0.25) is 4.99 Å². The van der Waals surface area contributed by atoms with E-state index in [4.69, 9.17) is 0 Å². The molecule has 0 fully saturated rings. The molecule has 1 heterocycles. The minimum Gasteiger partial charge on any atom is -0.356 e. The smallest absolute Gasteiger partial charge is 0.191 e. The number of halogens is 1. The van der Waals surface area contributed by atoms with Crippen molar-refractivity contribution in [2.75, 3.05) is 13.6 Å². The molecule has 3 aromatic rings. The summed E-state index contributed by atoms with van der Waals surface area (Å²) >= 11 is 1.75. The number of aromatic nitrogens is 1. The number of guanidine groups is 1. The summed E-state index contributed by atoms with van der Waals surface area (Å²) in [5, 5.41) is 10.4. The lowest BCUT2D eigenvalue weighted by Gasteiger charge is -2.12. The highest BCUT2D eigenvalue weighted by molar-refractivity contribution is 14.0. The van der Waals surface area contributed by atoms with Crippen LogP contribution in [0.15, 0.2) is 53.7 Å². The van der Waals surface area contributed by atoms with Gasteiger partial charge in [-0.2, -0.15) is 0 Å². The summed E-state index contributed by atoms with van der Waals surface area (Å²) in [6, 6.07) is 15.0. The Balaban J connectivity index is 0.00000243. The highest BCUT2D eigenvalue weighted by atomic mass is 127. The third-order valence-electron chi connectivity index (χ3n) is 4.15. The number of thiazole rings is 1. The maximum absolute atomic E-state index is 4.43. The van der Waals surface area contributed by atoms with E-state index < -0.39 is 0 Å². The molecule has 0 aliphatic heterocycles. The molecule has 0 saturated heterocycles. The molecule has 4 nitrogen and oxygen atoms in total. The van der Waals surface area contributed by atoms with Crippen molar-refractivity contribution >= 4 is 52.0 Å². The zero-order chi connectivity index (χ0) is 17.5. The van der Waals surface area contributed by atoms with E-state index >= 15 is 0 Å². The van der Waals surface area contributed by atoms with Gasteiger partial charge < -0.3 is 10.6 Å². The molecule has 0 unspecified atom stereocenters. The van der Waals surface area contributed by atoms with Crippen LogP contribution in [0.2, 0.25) is 0 Å². The summed E-state index contributed by atoms with van der Waals surface area (Å²) in [6.45, 7) is 3.70. The van der Waals surface area contributed by atoms with Crippen molar-refractivity contribution in [3.8, 4) is 0 Å². The molecule has 0 aliphatic carbocycles. The zero-order valence-corrected chi connectivity index (χ0v) is 18.3. The van der Waals surface area contributed by atoms with Crippen LogP contribution < -0.4 is 10.6 Å². The summed E-state index contributed by atoms with van der Waals surface area (Å²) < 4.78 is 0. The fraction of sp³-hybridized carbons (Fsp3) is 0.300. The molecule has 0 radical (unpaired) electrons. The molecule has 0 amide bonds. The summed E-state index contributed by atoms with van der Waals surface area (Å²) in [5.74, 6) is 0.813. The van der Waals surface area contributed by atoms with Crippen molar-refractivity contribution in [1.29, 1.82) is 0 Å². The molecule has 0 saturated carbocycles. The number of nitrogens with one attached hydrogen (secondary N) is 2. The summed E-state index contributed by atoms with van der Waals surface area (Å²) in [6.07, 6.45) is 3.95. The first-order chi connectivity index (χ1) is 12.3. The van der Waals surface area contributed by atoms with Gasteiger partial charge in [0, 0.05) is 24.7 Å². The predicted molar refractivity (Wildman–Crippen MR) is 123 cm³/mol. The van der Waals surface area contributed by atoms with Crippen molar-refractivity contribution in [1.82, 2.24) is 15.6 Å². The first-order valence-corrected chi connectivity index (χ1v) is 9.46. The third-order valence-corrected chi connectivity index (χ3v) is 5.29. The monoisotopic (exact) mass is 480 g/mol. The van der Waals surface area contributed by atoms with Gasteiger partial charge >= 0.3 is 0 Å². The van der Waals surface area contributed by atoms with Gasteiger partial charge in [0.1, 0.15) is 5.01 Å². The van der Waals surface area contributed by atoms with Crippen molar-refractivity contribution in [2.45, 2.75) is 26.3 Å². The van der Waals surface area contributed by atoms with Crippen LogP contribution in [0.4, 0.5) is 0 Å². The maximum Gasteiger partial charge on any atom is 0.191 e. The van der Waals surface area contributed by atoms with Crippen LogP contribution in [0, 0.1) is 0 Å². The van der Waals surface area contributed by atoms with E-state index in [2.05, 4.69) is 70.0 Å². The molecule has 2 N–H and O–H groups in total. The van der Waals surface area contributed by atoms with Crippen LogP contribution in [0.5, 0.6) is 0 Å². The minimum atomic E-state index is 0. The molecule has 1 aromatic heterocycles. The average molecular weight is 480 g/mol. The largest absolute Gasteiger partial charge is 0.356 e. The van der Waals surface area contributed by atoms with E-state index in [1.54, 1.807) is 18.4 Å². The average Bonchev–Trinajstić information content (AvgIpc) is 3.12. The van der Waals surface area contributed by atoms with Gasteiger partial charge in [-0.1, -0.05) is 49.4 Å². The van der Waals surface area contributed by atoms with Gasteiger partial charge in [0.25, 0.3) is 0 Å². The number of nitrogens with zero attached hydrogens (tertiary/aromatic N) is 2. The van der Waals surface area contributed by atoms with Gasteiger partial charge in [0.05, 0.1) is 6.54 Å². The molecular weight excluding hydrogens is 455 g/mol. The number of rotatable bonds is 6. The van der Waals surface area contributed by atoms with E-state index in [9.17, 15) is 0 Å². The standard InChI is InChI=1S/C20H24N4S.HI/c1-3-17-13-23-19(25-17)14-24-20(21-2)22-12-11-16-9-6-8-15-7-4-5-10-18(15)16;/h4-10,13H,3,11-12,14H2,1-2H3,(H2,21,22,24);1H. The van der Waals surface area contributed by atoms with E-state index in [0.717, 1.165) is 30.4 Å². The fourth-order valence-electron chi connectivity index (χ4n) is 2.80. The van der Waals surface area contributed by atoms with E-state index in [1.165, 1.54) is 21.2 Å². The molecule has 0 spiro atoms. The maximum atomic E-state index is 4.43. The Labute approximate surface area is 176 Å². The van der Waals surface area contributed by atoms with Crippen LogP contribution in [0.1, 0.15) is 22.4 Å². The lowest BCUT2D eigenvalue weighted by atomic mass is 10.0. The molecule has 0 bridgehead atoms. The molecule has 138 valence electrons. The zero-order valence-electron chi connectivity index (χ0n) is 15.2. The molecule has 0 atom stereocenters. The van der Waals surface area contributed by atoms with Crippen LogP contribution in [-0.2, 0) is 19.4 Å².